The van der Waals surface area contributed by atoms with Crippen LogP contribution in [0.4, 0.5) is 5.69 Å². The zero-order valence-electron chi connectivity index (χ0n) is 11.5. The van der Waals surface area contributed by atoms with E-state index in [2.05, 4.69) is 67.3 Å². The van der Waals surface area contributed by atoms with Crippen molar-refractivity contribution in [1.82, 2.24) is 0 Å². The minimum absolute atomic E-state index is 0.398. The molecule has 0 aliphatic carbocycles. The average Bonchev–Trinajstić information content (AvgIpc) is 2.43. The van der Waals surface area contributed by atoms with Crippen molar-refractivity contribution in [1.29, 1.82) is 0 Å². The van der Waals surface area contributed by atoms with Crippen LogP contribution < -0.4 is 9.64 Å². The fraction of sp³-hybridized carbons (Fsp3) is 0.294. The van der Waals surface area contributed by atoms with Gasteiger partial charge in [0.25, 0.3) is 0 Å². The number of hydrogen-bond acceptors (Lipinski definition) is 2. The van der Waals surface area contributed by atoms with Crippen LogP contribution in [-0.4, -0.2) is 12.6 Å². The van der Waals surface area contributed by atoms with E-state index in [1.165, 1.54) is 16.8 Å². The molecule has 0 radical (unpaired) electrons. The summed E-state index contributed by atoms with van der Waals surface area (Å²) in [6.45, 7) is 6.03. The molecular formula is C17H19NO. The van der Waals surface area contributed by atoms with E-state index < -0.39 is 0 Å². The van der Waals surface area contributed by atoms with Crippen LogP contribution in [0.1, 0.15) is 18.1 Å². The molecular weight excluding hydrogens is 234 g/mol. The van der Waals surface area contributed by atoms with Gasteiger partial charge in [-0.2, -0.15) is 0 Å². The lowest BCUT2D eigenvalue weighted by atomic mass is 10.1. The molecule has 2 nitrogen and oxygen atoms in total. The van der Waals surface area contributed by atoms with Crippen LogP contribution in [0.15, 0.2) is 48.5 Å². The molecule has 1 aliphatic heterocycles. The van der Waals surface area contributed by atoms with E-state index in [4.69, 9.17) is 4.74 Å². The minimum atomic E-state index is 0.398. The minimum Gasteiger partial charge on any atom is -0.489 e. The molecule has 3 rings (SSSR count). The third kappa shape index (κ3) is 2.43. The van der Waals surface area contributed by atoms with Gasteiger partial charge in [-0.25, -0.2) is 0 Å². The Balaban J connectivity index is 1.94. The molecule has 19 heavy (non-hydrogen) atoms. The van der Waals surface area contributed by atoms with Crippen molar-refractivity contribution in [3.63, 3.8) is 0 Å². The van der Waals surface area contributed by atoms with E-state index >= 15 is 0 Å². The van der Waals surface area contributed by atoms with Crippen molar-refractivity contribution in [2.24, 2.45) is 0 Å². The Kier molecular flexibility index (Phi) is 3.16. The van der Waals surface area contributed by atoms with Crippen molar-refractivity contribution in [2.75, 3.05) is 11.5 Å². The molecule has 0 aromatic heterocycles. The quantitative estimate of drug-likeness (QED) is 0.807. The molecule has 0 spiro atoms. The summed E-state index contributed by atoms with van der Waals surface area (Å²) in [6.07, 6.45) is 0. The van der Waals surface area contributed by atoms with Gasteiger partial charge in [0, 0.05) is 6.54 Å². The number of nitrogens with zero attached hydrogens (tertiary/aromatic N) is 1. The van der Waals surface area contributed by atoms with Gasteiger partial charge in [-0.3, -0.25) is 0 Å². The van der Waals surface area contributed by atoms with E-state index in [1.54, 1.807) is 0 Å². The second-order valence-electron chi connectivity index (χ2n) is 5.24. The Morgan fingerprint density at radius 2 is 1.95 bits per heavy atom. The van der Waals surface area contributed by atoms with E-state index in [0.717, 1.165) is 18.9 Å². The van der Waals surface area contributed by atoms with Gasteiger partial charge in [-0.05, 0) is 37.1 Å². The molecule has 98 valence electrons. The van der Waals surface area contributed by atoms with E-state index in [9.17, 15) is 0 Å². The summed E-state index contributed by atoms with van der Waals surface area (Å²) in [4.78, 5) is 2.43. The Hall–Kier alpha value is -1.96. The topological polar surface area (TPSA) is 12.5 Å². The maximum atomic E-state index is 5.82. The lowest BCUT2D eigenvalue weighted by Crippen LogP contribution is -2.40. The predicted octanol–water partition coefficient (Wildman–Crippen LogP) is 3.78. The first-order valence-corrected chi connectivity index (χ1v) is 6.78. The molecule has 1 aliphatic rings. The van der Waals surface area contributed by atoms with E-state index in [-0.39, 0.29) is 0 Å². The van der Waals surface area contributed by atoms with Crippen LogP contribution in [0.5, 0.6) is 5.75 Å². The normalized spacial score (nSPS) is 17.8. The van der Waals surface area contributed by atoms with Crippen LogP contribution >= 0.6 is 0 Å². The lowest BCUT2D eigenvalue weighted by molar-refractivity contribution is 0.269. The number of fused-ring (bicyclic) bond motifs is 1. The first-order valence-electron chi connectivity index (χ1n) is 6.78. The summed E-state index contributed by atoms with van der Waals surface area (Å²) < 4.78 is 5.82. The Bertz CT molecular complexity index is 565. The maximum absolute atomic E-state index is 5.82. The molecule has 0 N–H and O–H groups in total. The van der Waals surface area contributed by atoms with Crippen LogP contribution in [0, 0.1) is 6.92 Å². The van der Waals surface area contributed by atoms with Crippen molar-refractivity contribution in [2.45, 2.75) is 26.4 Å². The summed E-state index contributed by atoms with van der Waals surface area (Å²) in [6, 6.07) is 17.4. The average molecular weight is 253 g/mol. The fourth-order valence-electron chi connectivity index (χ4n) is 2.53. The van der Waals surface area contributed by atoms with Crippen LogP contribution in [0.3, 0.4) is 0 Å². The number of hydrogen-bond donors (Lipinski definition) is 0. The predicted molar refractivity (Wildman–Crippen MR) is 78.8 cm³/mol. The Morgan fingerprint density at radius 3 is 2.74 bits per heavy atom. The summed E-state index contributed by atoms with van der Waals surface area (Å²) in [5, 5.41) is 0. The fourth-order valence-corrected chi connectivity index (χ4v) is 2.53. The van der Waals surface area contributed by atoms with Gasteiger partial charge in [0.2, 0.25) is 0 Å². The molecule has 0 bridgehead atoms. The number of benzene rings is 2. The maximum Gasteiger partial charge on any atom is 0.142 e. The monoisotopic (exact) mass is 253 g/mol. The highest BCUT2D eigenvalue weighted by Gasteiger charge is 2.24. The van der Waals surface area contributed by atoms with E-state index in [0.29, 0.717) is 6.04 Å². The van der Waals surface area contributed by atoms with Crippen molar-refractivity contribution in [3.8, 4) is 5.75 Å². The Labute approximate surface area is 114 Å². The molecule has 0 amide bonds. The molecule has 2 aromatic rings. The largest absolute Gasteiger partial charge is 0.489 e. The first-order chi connectivity index (χ1) is 9.24. The summed E-state index contributed by atoms with van der Waals surface area (Å²) >= 11 is 0. The van der Waals surface area contributed by atoms with Gasteiger partial charge >= 0.3 is 0 Å². The smallest absolute Gasteiger partial charge is 0.142 e. The molecule has 0 fully saturated rings. The van der Waals surface area contributed by atoms with Crippen LogP contribution in [0.2, 0.25) is 0 Å². The summed E-state index contributed by atoms with van der Waals surface area (Å²) in [7, 11) is 0. The molecule has 1 heterocycles. The second kappa shape index (κ2) is 4.96. The van der Waals surface area contributed by atoms with E-state index in [1.807, 2.05) is 0 Å². The van der Waals surface area contributed by atoms with Crippen molar-refractivity contribution < 1.29 is 4.74 Å². The van der Waals surface area contributed by atoms with Gasteiger partial charge in [0.15, 0.2) is 0 Å². The van der Waals surface area contributed by atoms with Gasteiger partial charge in [-0.15, -0.1) is 0 Å². The number of aryl methyl sites for hydroxylation is 1. The number of rotatable bonds is 2. The number of anilines is 1. The Morgan fingerprint density at radius 1 is 1.16 bits per heavy atom. The zero-order chi connectivity index (χ0) is 13.2. The molecule has 0 saturated heterocycles. The SMILES string of the molecule is Cc1ccc2c(c1)N(Cc1ccccc1)C(C)CO2. The van der Waals surface area contributed by atoms with Crippen molar-refractivity contribution in [3.05, 3.63) is 59.7 Å². The van der Waals surface area contributed by atoms with Crippen LogP contribution in [-0.2, 0) is 6.54 Å². The van der Waals surface area contributed by atoms with Crippen LogP contribution in [0.25, 0.3) is 0 Å². The molecule has 2 aromatic carbocycles. The summed E-state index contributed by atoms with van der Waals surface area (Å²) in [5.74, 6) is 1.000. The van der Waals surface area contributed by atoms with Gasteiger partial charge in [0.1, 0.15) is 12.4 Å². The number of ether oxygens (including phenoxy) is 1. The molecule has 1 atom stereocenters. The molecule has 1 unspecified atom stereocenters. The highest BCUT2D eigenvalue weighted by Crippen LogP contribution is 2.35. The highest BCUT2D eigenvalue weighted by atomic mass is 16.5. The third-order valence-corrected chi connectivity index (χ3v) is 3.63. The van der Waals surface area contributed by atoms with Gasteiger partial charge in [0.05, 0.1) is 11.7 Å². The second-order valence-corrected chi connectivity index (χ2v) is 5.24. The van der Waals surface area contributed by atoms with Crippen molar-refractivity contribution >= 4 is 5.69 Å². The zero-order valence-corrected chi connectivity index (χ0v) is 11.5. The third-order valence-electron chi connectivity index (χ3n) is 3.63. The highest BCUT2D eigenvalue weighted by molar-refractivity contribution is 5.62. The van der Waals surface area contributed by atoms with Gasteiger partial charge < -0.3 is 9.64 Å². The van der Waals surface area contributed by atoms with Gasteiger partial charge in [-0.1, -0.05) is 36.4 Å². The molecule has 0 saturated carbocycles. The summed E-state index contributed by atoms with van der Waals surface area (Å²) in [5.41, 5.74) is 3.82. The standard InChI is InChI=1S/C17H19NO/c1-13-8-9-17-16(10-13)18(14(2)12-19-17)11-15-6-4-3-5-7-15/h3-10,14H,11-12H2,1-2H3. The lowest BCUT2D eigenvalue weighted by Gasteiger charge is -2.37. The molecule has 2 heteroatoms. The first kappa shape index (κ1) is 12.1.